The van der Waals surface area contributed by atoms with Gasteiger partial charge in [0, 0.05) is 36.4 Å². The minimum atomic E-state index is -3.84. The zero-order valence-electron chi connectivity index (χ0n) is 20.5. The van der Waals surface area contributed by atoms with Crippen LogP contribution >= 0.6 is 11.6 Å². The maximum atomic E-state index is 13.6. The molecular formula is C29H27ClN2O4S. The Bertz CT molecular complexity index is 1440. The standard InChI is InChI=1S/C29H27ClN2O4S/c1-31(26-6-4-3-5-7-26)29(33)24-12-8-22(9-13-24)20-32(21-23-10-16-27(36-2)17-11-23)37(34,35)28-18-14-25(30)15-19-28/h3-19H,20-21H2,1-2H3. The molecule has 0 unspecified atom stereocenters. The predicted octanol–water partition coefficient (Wildman–Crippen LogP) is 6.02. The van der Waals surface area contributed by atoms with Crippen molar-refractivity contribution in [2.45, 2.75) is 18.0 Å². The Balaban J connectivity index is 1.59. The summed E-state index contributed by atoms with van der Waals surface area (Å²) in [5.74, 6) is 0.540. The Hall–Kier alpha value is -3.65. The molecule has 4 aromatic carbocycles. The fourth-order valence-corrected chi connectivity index (χ4v) is 5.38. The lowest BCUT2D eigenvalue weighted by Gasteiger charge is -2.23. The number of carbonyl (C=O) groups is 1. The van der Waals surface area contributed by atoms with Gasteiger partial charge in [-0.25, -0.2) is 8.42 Å². The zero-order chi connectivity index (χ0) is 26.4. The van der Waals surface area contributed by atoms with E-state index in [4.69, 9.17) is 16.3 Å². The van der Waals surface area contributed by atoms with E-state index in [2.05, 4.69) is 0 Å². The number of hydrogen-bond donors (Lipinski definition) is 0. The Kier molecular flexibility index (Phi) is 8.28. The molecule has 0 bridgehead atoms. The van der Waals surface area contributed by atoms with Crippen molar-refractivity contribution in [3.8, 4) is 5.75 Å². The highest BCUT2D eigenvalue weighted by Crippen LogP contribution is 2.24. The maximum Gasteiger partial charge on any atom is 0.258 e. The second-order valence-electron chi connectivity index (χ2n) is 8.47. The molecule has 0 aliphatic rings. The highest BCUT2D eigenvalue weighted by atomic mass is 35.5. The van der Waals surface area contributed by atoms with Gasteiger partial charge in [0.25, 0.3) is 5.91 Å². The molecule has 1 amide bonds. The van der Waals surface area contributed by atoms with Crippen LogP contribution in [0.3, 0.4) is 0 Å². The fourth-order valence-electron chi connectivity index (χ4n) is 3.83. The average molecular weight is 535 g/mol. The van der Waals surface area contributed by atoms with Crippen molar-refractivity contribution in [1.82, 2.24) is 4.31 Å². The number of hydrogen-bond acceptors (Lipinski definition) is 4. The molecule has 37 heavy (non-hydrogen) atoms. The topological polar surface area (TPSA) is 66.9 Å². The van der Waals surface area contributed by atoms with Gasteiger partial charge in [0.2, 0.25) is 10.0 Å². The van der Waals surface area contributed by atoms with Gasteiger partial charge in [-0.1, -0.05) is 54.1 Å². The van der Waals surface area contributed by atoms with E-state index < -0.39 is 10.0 Å². The van der Waals surface area contributed by atoms with Gasteiger partial charge < -0.3 is 9.64 Å². The van der Waals surface area contributed by atoms with Crippen molar-refractivity contribution in [3.63, 3.8) is 0 Å². The Morgan fingerprint density at radius 3 is 1.86 bits per heavy atom. The maximum absolute atomic E-state index is 13.6. The number of halogens is 1. The van der Waals surface area contributed by atoms with Crippen molar-refractivity contribution in [3.05, 3.63) is 125 Å². The second kappa shape index (κ2) is 11.6. The van der Waals surface area contributed by atoms with Crippen LogP contribution in [0.15, 0.2) is 108 Å². The highest BCUT2D eigenvalue weighted by Gasteiger charge is 2.25. The molecule has 6 nitrogen and oxygen atoms in total. The predicted molar refractivity (Wildman–Crippen MR) is 146 cm³/mol. The van der Waals surface area contributed by atoms with Crippen LogP contribution in [0.1, 0.15) is 21.5 Å². The molecule has 0 radical (unpaired) electrons. The summed E-state index contributed by atoms with van der Waals surface area (Å²) >= 11 is 5.98. The minimum Gasteiger partial charge on any atom is -0.497 e. The van der Waals surface area contributed by atoms with Crippen molar-refractivity contribution >= 4 is 33.2 Å². The molecule has 0 heterocycles. The van der Waals surface area contributed by atoms with Crippen LogP contribution in [0, 0.1) is 0 Å². The lowest BCUT2D eigenvalue weighted by atomic mass is 10.1. The largest absolute Gasteiger partial charge is 0.497 e. The number of nitrogens with zero attached hydrogens (tertiary/aromatic N) is 2. The number of rotatable bonds is 9. The number of amides is 1. The molecule has 0 spiro atoms. The van der Waals surface area contributed by atoms with Gasteiger partial charge in [0.1, 0.15) is 5.75 Å². The third-order valence-corrected chi connectivity index (χ3v) is 8.04. The van der Waals surface area contributed by atoms with E-state index in [0.717, 1.165) is 16.8 Å². The summed E-state index contributed by atoms with van der Waals surface area (Å²) in [6.07, 6.45) is 0. The van der Waals surface area contributed by atoms with Crippen molar-refractivity contribution in [2.75, 3.05) is 19.1 Å². The first-order valence-electron chi connectivity index (χ1n) is 11.6. The SMILES string of the molecule is COc1ccc(CN(Cc2ccc(C(=O)N(C)c3ccccc3)cc2)S(=O)(=O)c2ccc(Cl)cc2)cc1. The van der Waals surface area contributed by atoms with E-state index >= 15 is 0 Å². The van der Waals surface area contributed by atoms with Gasteiger partial charge in [0.05, 0.1) is 12.0 Å². The van der Waals surface area contributed by atoms with Crippen LogP contribution in [0.25, 0.3) is 0 Å². The third kappa shape index (κ3) is 6.38. The molecule has 8 heteroatoms. The van der Waals surface area contributed by atoms with Crippen LogP contribution in [0.5, 0.6) is 5.75 Å². The van der Waals surface area contributed by atoms with Crippen molar-refractivity contribution in [1.29, 1.82) is 0 Å². The number of methoxy groups -OCH3 is 1. The van der Waals surface area contributed by atoms with Crippen molar-refractivity contribution in [2.24, 2.45) is 0 Å². The number of anilines is 1. The summed E-state index contributed by atoms with van der Waals surface area (Å²) in [6.45, 7) is 0.284. The van der Waals surface area contributed by atoms with Gasteiger partial charge in [-0.05, 0) is 71.8 Å². The molecule has 0 fully saturated rings. The van der Waals surface area contributed by atoms with E-state index in [1.165, 1.54) is 16.4 Å². The number of para-hydroxylation sites is 1. The molecule has 190 valence electrons. The van der Waals surface area contributed by atoms with Gasteiger partial charge >= 0.3 is 0 Å². The van der Waals surface area contributed by atoms with Gasteiger partial charge in [-0.3, -0.25) is 4.79 Å². The van der Waals surface area contributed by atoms with E-state index in [1.54, 1.807) is 67.6 Å². The van der Waals surface area contributed by atoms with E-state index in [-0.39, 0.29) is 23.9 Å². The molecule has 4 aromatic rings. The number of benzene rings is 4. The Morgan fingerprint density at radius 1 is 0.784 bits per heavy atom. The van der Waals surface area contributed by atoms with Gasteiger partial charge in [-0.2, -0.15) is 4.31 Å². The quantitative estimate of drug-likeness (QED) is 0.263. The zero-order valence-corrected chi connectivity index (χ0v) is 22.1. The minimum absolute atomic E-state index is 0.125. The molecule has 0 aliphatic carbocycles. The fraction of sp³-hybridized carbons (Fsp3) is 0.138. The van der Waals surface area contributed by atoms with Crippen LogP contribution in [-0.4, -0.2) is 32.8 Å². The van der Waals surface area contributed by atoms with Crippen LogP contribution in [-0.2, 0) is 23.1 Å². The van der Waals surface area contributed by atoms with Gasteiger partial charge in [-0.15, -0.1) is 0 Å². The highest BCUT2D eigenvalue weighted by molar-refractivity contribution is 7.89. The molecule has 0 aromatic heterocycles. The Labute approximate surface area is 222 Å². The lowest BCUT2D eigenvalue weighted by molar-refractivity contribution is 0.0993. The monoisotopic (exact) mass is 534 g/mol. The molecule has 4 rings (SSSR count). The van der Waals surface area contributed by atoms with Crippen molar-refractivity contribution < 1.29 is 17.9 Å². The van der Waals surface area contributed by atoms with E-state index in [9.17, 15) is 13.2 Å². The van der Waals surface area contributed by atoms with Crippen LogP contribution in [0.2, 0.25) is 5.02 Å². The third-order valence-electron chi connectivity index (χ3n) is 5.98. The summed E-state index contributed by atoms with van der Waals surface area (Å²) < 4.78 is 33.8. The number of sulfonamides is 1. The molecule has 0 N–H and O–H groups in total. The Morgan fingerprint density at radius 2 is 1.32 bits per heavy atom. The van der Waals surface area contributed by atoms with E-state index in [0.29, 0.717) is 16.3 Å². The lowest BCUT2D eigenvalue weighted by Crippen LogP contribution is -2.30. The molecule has 0 aliphatic heterocycles. The first kappa shape index (κ1) is 26.4. The molecular weight excluding hydrogens is 508 g/mol. The van der Waals surface area contributed by atoms with Gasteiger partial charge in [0.15, 0.2) is 0 Å². The summed E-state index contributed by atoms with van der Waals surface area (Å²) in [5, 5.41) is 0.460. The summed E-state index contributed by atoms with van der Waals surface area (Å²) in [6, 6.07) is 29.8. The second-order valence-corrected chi connectivity index (χ2v) is 10.8. The van der Waals surface area contributed by atoms with Crippen LogP contribution < -0.4 is 9.64 Å². The number of ether oxygens (including phenoxy) is 1. The number of carbonyl (C=O) groups excluding carboxylic acids is 1. The molecule has 0 saturated carbocycles. The smallest absolute Gasteiger partial charge is 0.258 e. The first-order chi connectivity index (χ1) is 17.8. The average Bonchev–Trinajstić information content (AvgIpc) is 2.93. The first-order valence-corrected chi connectivity index (χ1v) is 13.4. The normalized spacial score (nSPS) is 11.4. The summed E-state index contributed by atoms with van der Waals surface area (Å²) in [4.78, 5) is 14.7. The molecule has 0 atom stereocenters. The summed E-state index contributed by atoms with van der Waals surface area (Å²) in [7, 11) is -0.533. The molecule has 0 saturated heterocycles. The van der Waals surface area contributed by atoms with Crippen LogP contribution in [0.4, 0.5) is 5.69 Å². The van der Waals surface area contributed by atoms with E-state index in [1.807, 2.05) is 42.5 Å². The summed E-state index contributed by atoms with van der Waals surface area (Å²) in [5.41, 5.74) is 2.87.